The second kappa shape index (κ2) is 5.45. The van der Waals surface area contributed by atoms with Gasteiger partial charge in [0.1, 0.15) is 5.82 Å². The molecule has 4 rings (SSSR count). The number of nitrogens with zero attached hydrogens (tertiary/aromatic N) is 2. The number of H-pyrrole nitrogens is 1. The molecule has 0 amide bonds. The van der Waals surface area contributed by atoms with E-state index in [1.807, 2.05) is 31.2 Å². The smallest absolute Gasteiger partial charge is 0.274 e. The van der Waals surface area contributed by atoms with Crippen molar-refractivity contribution >= 4 is 11.0 Å². The molecule has 24 heavy (non-hydrogen) atoms. The second-order valence-corrected chi connectivity index (χ2v) is 5.68. The number of halogens is 1. The third-order valence-corrected chi connectivity index (χ3v) is 4.00. The van der Waals surface area contributed by atoms with Gasteiger partial charge in [0, 0.05) is 6.20 Å². The highest BCUT2D eigenvalue weighted by Crippen LogP contribution is 2.25. The normalized spacial score (nSPS) is 11.1. The van der Waals surface area contributed by atoms with Gasteiger partial charge < -0.3 is 0 Å². The first-order valence-corrected chi connectivity index (χ1v) is 7.56. The Balaban J connectivity index is 1.98. The Morgan fingerprint density at radius 2 is 1.88 bits per heavy atom. The topological polar surface area (TPSA) is 50.7 Å². The molecule has 0 radical (unpaired) electrons. The Bertz CT molecular complexity index is 1090. The van der Waals surface area contributed by atoms with Crippen LogP contribution in [0.2, 0.25) is 0 Å². The standard InChI is InChI=1S/C19H14FN3O/c1-12-3-2-4-15(11-12)23-19(24)17-16(9-10-21-18(17)22-23)13-5-7-14(20)8-6-13/h2-11H,1H3,(H,21,22). The second-order valence-electron chi connectivity index (χ2n) is 5.68. The number of benzene rings is 2. The molecule has 118 valence electrons. The third-order valence-electron chi connectivity index (χ3n) is 4.00. The van der Waals surface area contributed by atoms with Gasteiger partial charge in [-0.3, -0.25) is 9.89 Å². The van der Waals surface area contributed by atoms with Crippen LogP contribution in [0.25, 0.3) is 27.8 Å². The maximum atomic E-state index is 13.2. The molecule has 2 aromatic heterocycles. The van der Waals surface area contributed by atoms with E-state index in [9.17, 15) is 9.18 Å². The minimum Gasteiger partial charge on any atom is -0.274 e. The number of nitrogens with one attached hydrogen (secondary N) is 1. The molecule has 0 aliphatic heterocycles. The molecular formula is C19H14FN3O. The van der Waals surface area contributed by atoms with Crippen LogP contribution in [0.3, 0.4) is 0 Å². The van der Waals surface area contributed by atoms with Crippen LogP contribution in [0.5, 0.6) is 0 Å². The van der Waals surface area contributed by atoms with Crippen molar-refractivity contribution in [3.63, 3.8) is 0 Å². The highest BCUT2D eigenvalue weighted by Gasteiger charge is 2.14. The molecule has 0 saturated carbocycles. The summed E-state index contributed by atoms with van der Waals surface area (Å²) in [5.41, 5.74) is 3.64. The summed E-state index contributed by atoms with van der Waals surface area (Å²) in [6.45, 7) is 1.97. The van der Waals surface area contributed by atoms with Gasteiger partial charge in [0.15, 0.2) is 5.65 Å². The molecule has 0 fully saturated rings. The van der Waals surface area contributed by atoms with Gasteiger partial charge in [0.25, 0.3) is 5.56 Å². The van der Waals surface area contributed by atoms with Crippen LogP contribution in [0.15, 0.2) is 65.6 Å². The first-order chi connectivity index (χ1) is 11.6. The van der Waals surface area contributed by atoms with E-state index in [4.69, 9.17) is 0 Å². The number of fused-ring (bicyclic) bond motifs is 1. The number of aryl methyl sites for hydroxylation is 1. The fraction of sp³-hybridized carbons (Fsp3) is 0.0526. The van der Waals surface area contributed by atoms with Crippen molar-refractivity contribution in [3.05, 3.63) is 82.5 Å². The fourth-order valence-electron chi connectivity index (χ4n) is 2.85. The summed E-state index contributed by atoms with van der Waals surface area (Å²) in [7, 11) is 0. The lowest BCUT2D eigenvalue weighted by Gasteiger charge is -2.02. The van der Waals surface area contributed by atoms with Crippen LogP contribution >= 0.6 is 0 Å². The number of hydrogen-bond acceptors (Lipinski definition) is 2. The molecule has 4 nitrogen and oxygen atoms in total. The van der Waals surface area contributed by atoms with E-state index in [1.165, 1.54) is 16.8 Å². The van der Waals surface area contributed by atoms with E-state index in [0.29, 0.717) is 11.0 Å². The van der Waals surface area contributed by atoms with E-state index in [2.05, 4.69) is 10.1 Å². The maximum absolute atomic E-state index is 13.2. The Labute approximate surface area is 137 Å². The van der Waals surface area contributed by atoms with Crippen molar-refractivity contribution in [2.75, 3.05) is 0 Å². The first-order valence-electron chi connectivity index (χ1n) is 7.56. The molecule has 0 atom stereocenters. The van der Waals surface area contributed by atoms with E-state index in [1.54, 1.807) is 24.4 Å². The van der Waals surface area contributed by atoms with Gasteiger partial charge in [0.2, 0.25) is 0 Å². The van der Waals surface area contributed by atoms with Gasteiger partial charge >= 0.3 is 0 Å². The average Bonchev–Trinajstić information content (AvgIpc) is 2.93. The summed E-state index contributed by atoms with van der Waals surface area (Å²) < 4.78 is 14.7. The molecule has 4 aromatic rings. The molecule has 2 aromatic carbocycles. The van der Waals surface area contributed by atoms with E-state index in [0.717, 1.165) is 22.4 Å². The zero-order chi connectivity index (χ0) is 16.7. The van der Waals surface area contributed by atoms with Gasteiger partial charge in [-0.1, -0.05) is 24.3 Å². The molecule has 1 N–H and O–H groups in total. The predicted molar refractivity (Wildman–Crippen MR) is 91.8 cm³/mol. The third kappa shape index (κ3) is 2.31. The largest absolute Gasteiger partial charge is 0.281 e. The molecule has 0 aliphatic carbocycles. The molecule has 5 heteroatoms. The lowest BCUT2D eigenvalue weighted by atomic mass is 10.0. The number of rotatable bonds is 2. The molecule has 0 spiro atoms. The summed E-state index contributed by atoms with van der Waals surface area (Å²) in [5.74, 6) is -0.310. The van der Waals surface area contributed by atoms with Crippen LogP contribution in [-0.2, 0) is 0 Å². The molecule has 0 saturated heterocycles. The summed E-state index contributed by atoms with van der Waals surface area (Å²) in [5, 5.41) is 3.54. The maximum Gasteiger partial charge on any atom is 0.281 e. The highest BCUT2D eigenvalue weighted by molar-refractivity contribution is 5.92. The summed E-state index contributed by atoms with van der Waals surface area (Å²) in [6, 6.07) is 15.5. The van der Waals surface area contributed by atoms with Crippen LogP contribution < -0.4 is 5.56 Å². The lowest BCUT2D eigenvalue weighted by Crippen LogP contribution is -2.14. The Kier molecular flexibility index (Phi) is 3.27. The average molecular weight is 319 g/mol. The van der Waals surface area contributed by atoms with Crippen molar-refractivity contribution in [1.82, 2.24) is 14.8 Å². The molecule has 0 unspecified atom stereocenters. The molecular weight excluding hydrogens is 305 g/mol. The Hall–Kier alpha value is -3.21. The fourth-order valence-corrected chi connectivity index (χ4v) is 2.85. The number of pyridine rings is 1. The van der Waals surface area contributed by atoms with Crippen molar-refractivity contribution in [3.8, 4) is 16.8 Å². The van der Waals surface area contributed by atoms with Gasteiger partial charge in [-0.15, -0.1) is 0 Å². The summed E-state index contributed by atoms with van der Waals surface area (Å²) in [6.07, 6.45) is 1.64. The predicted octanol–water partition coefficient (Wildman–Crippen LogP) is 3.83. The Morgan fingerprint density at radius 1 is 1.08 bits per heavy atom. The van der Waals surface area contributed by atoms with Crippen LogP contribution in [0.1, 0.15) is 5.56 Å². The van der Waals surface area contributed by atoms with Crippen molar-refractivity contribution in [1.29, 1.82) is 0 Å². The van der Waals surface area contributed by atoms with E-state index >= 15 is 0 Å². The lowest BCUT2D eigenvalue weighted by molar-refractivity contribution is 0.628. The van der Waals surface area contributed by atoms with Crippen LogP contribution in [-0.4, -0.2) is 14.8 Å². The number of aromatic amines is 1. The van der Waals surface area contributed by atoms with Crippen molar-refractivity contribution in [2.24, 2.45) is 0 Å². The van der Waals surface area contributed by atoms with Gasteiger partial charge in [-0.25, -0.2) is 14.1 Å². The van der Waals surface area contributed by atoms with Gasteiger partial charge in [0.05, 0.1) is 11.1 Å². The zero-order valence-corrected chi connectivity index (χ0v) is 13.0. The number of aromatic nitrogens is 3. The minimum atomic E-state index is -0.310. The highest BCUT2D eigenvalue weighted by atomic mass is 19.1. The molecule has 0 bridgehead atoms. The van der Waals surface area contributed by atoms with Crippen molar-refractivity contribution < 1.29 is 4.39 Å². The minimum absolute atomic E-state index is 0.178. The van der Waals surface area contributed by atoms with E-state index in [-0.39, 0.29) is 11.4 Å². The SMILES string of the molecule is Cc1cccc(-n2[nH]c3nccc(-c4ccc(F)cc4)c3c2=O)c1. The van der Waals surface area contributed by atoms with E-state index < -0.39 is 0 Å². The first kappa shape index (κ1) is 14.4. The summed E-state index contributed by atoms with van der Waals surface area (Å²) in [4.78, 5) is 17.2. The summed E-state index contributed by atoms with van der Waals surface area (Å²) >= 11 is 0. The number of hydrogen-bond donors (Lipinski definition) is 1. The van der Waals surface area contributed by atoms with Crippen LogP contribution in [0.4, 0.5) is 4.39 Å². The van der Waals surface area contributed by atoms with Gasteiger partial charge in [-0.2, -0.15) is 0 Å². The molecule has 0 aliphatic rings. The molecule has 2 heterocycles. The van der Waals surface area contributed by atoms with Crippen molar-refractivity contribution in [2.45, 2.75) is 6.92 Å². The monoisotopic (exact) mass is 319 g/mol. The Morgan fingerprint density at radius 3 is 2.62 bits per heavy atom. The van der Waals surface area contributed by atoms with Crippen LogP contribution in [0, 0.1) is 12.7 Å². The zero-order valence-electron chi connectivity index (χ0n) is 13.0. The quantitative estimate of drug-likeness (QED) is 0.610. The van der Waals surface area contributed by atoms with Gasteiger partial charge in [-0.05, 0) is 53.9 Å².